The summed E-state index contributed by atoms with van der Waals surface area (Å²) in [5.74, 6) is 0. The second-order valence-electron chi connectivity index (χ2n) is 3.26. The first-order valence-electron chi connectivity index (χ1n) is 4.18. The number of rotatable bonds is 6. The summed E-state index contributed by atoms with van der Waals surface area (Å²) < 4.78 is 99.0. The zero-order chi connectivity index (χ0) is 14.8. The minimum atomic E-state index is -5.88. The van der Waals surface area contributed by atoms with Crippen molar-refractivity contribution in [1.29, 1.82) is 0 Å². The number of halogens is 7. The fraction of sp³-hybridized carbons (Fsp3) is 1.00. The van der Waals surface area contributed by atoms with Gasteiger partial charge in [-0.1, -0.05) is 0 Å². The highest BCUT2D eigenvalue weighted by molar-refractivity contribution is 7.46. The van der Waals surface area contributed by atoms with Crippen molar-refractivity contribution >= 4 is 7.82 Å². The summed E-state index contributed by atoms with van der Waals surface area (Å²) in [5, 5.41) is 0. The Kier molecular flexibility index (Phi) is 5.60. The minimum Gasteiger partial charge on any atom is -0.303 e. The molecule has 0 aromatic rings. The molecule has 0 saturated carbocycles. The first-order chi connectivity index (χ1) is 7.79. The molecule has 0 aromatic heterocycles. The molecule has 12 heteroatoms. The van der Waals surface area contributed by atoms with Crippen molar-refractivity contribution in [2.75, 3.05) is 0 Å². The average molecular weight is 308 g/mol. The predicted octanol–water partition coefficient (Wildman–Crippen LogP) is 2.71. The van der Waals surface area contributed by atoms with Crippen LogP contribution in [0.25, 0.3) is 0 Å². The Hall–Kier alpha value is -0.380. The number of alkyl halides is 7. The van der Waals surface area contributed by atoms with E-state index in [0.717, 1.165) is 0 Å². The molecule has 4 nitrogen and oxygen atoms in total. The molecule has 0 atom stereocenters. The van der Waals surface area contributed by atoms with Gasteiger partial charge in [-0.2, -0.15) is 13.2 Å². The van der Waals surface area contributed by atoms with Gasteiger partial charge in [0.2, 0.25) is 12.9 Å². The summed E-state index contributed by atoms with van der Waals surface area (Å²) in [4.78, 5) is 16.5. The van der Waals surface area contributed by atoms with Crippen LogP contribution in [0.3, 0.4) is 0 Å². The van der Waals surface area contributed by atoms with Gasteiger partial charge in [0, 0.05) is 12.8 Å². The molecule has 0 spiro atoms. The molecule has 0 aliphatic carbocycles. The molecule has 0 aliphatic heterocycles. The highest BCUT2D eigenvalue weighted by atomic mass is 31.2. The smallest absolute Gasteiger partial charge is 0.303 e. The van der Waals surface area contributed by atoms with Gasteiger partial charge < -0.3 is 9.79 Å². The third kappa shape index (κ3) is 5.51. The maximum absolute atomic E-state index is 12.5. The third-order valence-corrected chi connectivity index (χ3v) is 2.37. The molecule has 2 N–H and O–H groups in total. The zero-order valence-corrected chi connectivity index (χ0v) is 9.27. The topological polar surface area (TPSA) is 66.8 Å². The quantitative estimate of drug-likeness (QED) is 0.585. The fourth-order valence-electron chi connectivity index (χ4n) is 1.17. The predicted molar refractivity (Wildman–Crippen MR) is 43.2 cm³/mol. The first-order valence-corrected chi connectivity index (χ1v) is 5.71. The average Bonchev–Trinajstić information content (AvgIpc) is 1.93. The Bertz CT molecular complexity index is 302. The largest absolute Gasteiger partial charge is 0.470 e. The minimum absolute atomic E-state index is 2.30. The van der Waals surface area contributed by atoms with Crippen LogP contribution in [0.1, 0.15) is 12.8 Å². The summed E-state index contributed by atoms with van der Waals surface area (Å²) in [6, 6.07) is 0. The SMILES string of the molecule is O=P(O)(O)OC(CC(F)F)(CC(F)F)C(F)(F)F. The maximum atomic E-state index is 12.5. The van der Waals surface area contributed by atoms with Gasteiger partial charge in [-0.25, -0.2) is 22.1 Å². The normalized spacial score (nSPS) is 14.6. The lowest BCUT2D eigenvalue weighted by Gasteiger charge is -2.34. The lowest BCUT2D eigenvalue weighted by molar-refractivity contribution is -0.272. The lowest BCUT2D eigenvalue weighted by Crippen LogP contribution is -2.49. The van der Waals surface area contributed by atoms with Crippen LogP contribution in [0.4, 0.5) is 30.7 Å². The summed E-state index contributed by atoms with van der Waals surface area (Å²) in [7, 11) is -5.88. The van der Waals surface area contributed by atoms with Crippen molar-refractivity contribution in [1.82, 2.24) is 0 Å². The monoisotopic (exact) mass is 308 g/mol. The highest BCUT2D eigenvalue weighted by Gasteiger charge is 2.61. The summed E-state index contributed by atoms with van der Waals surface area (Å²) in [5.41, 5.74) is -4.30. The van der Waals surface area contributed by atoms with E-state index in [9.17, 15) is 35.3 Å². The van der Waals surface area contributed by atoms with Crippen LogP contribution in [0.5, 0.6) is 0 Å². The van der Waals surface area contributed by atoms with E-state index >= 15 is 0 Å². The van der Waals surface area contributed by atoms with Crippen LogP contribution < -0.4 is 0 Å². The van der Waals surface area contributed by atoms with Crippen molar-refractivity contribution in [3.8, 4) is 0 Å². The second-order valence-corrected chi connectivity index (χ2v) is 4.43. The molecular weight excluding hydrogens is 300 g/mol. The molecule has 18 heavy (non-hydrogen) atoms. The van der Waals surface area contributed by atoms with Crippen LogP contribution in [0, 0.1) is 0 Å². The molecule has 0 fully saturated rings. The molecule has 0 heterocycles. The van der Waals surface area contributed by atoms with Gasteiger partial charge >= 0.3 is 14.0 Å². The Morgan fingerprint density at radius 1 is 1.00 bits per heavy atom. The van der Waals surface area contributed by atoms with E-state index in [4.69, 9.17) is 9.79 Å². The molecule has 0 aromatic carbocycles. The molecule has 0 aliphatic rings. The number of hydrogen-bond acceptors (Lipinski definition) is 2. The van der Waals surface area contributed by atoms with Crippen LogP contribution in [-0.4, -0.2) is 34.4 Å². The van der Waals surface area contributed by atoms with E-state index in [1.54, 1.807) is 0 Å². The van der Waals surface area contributed by atoms with Crippen molar-refractivity contribution in [3.05, 3.63) is 0 Å². The van der Waals surface area contributed by atoms with Crippen molar-refractivity contribution in [2.45, 2.75) is 37.5 Å². The van der Waals surface area contributed by atoms with Gasteiger partial charge in [-0.15, -0.1) is 0 Å². The molecule has 0 bridgehead atoms. The highest BCUT2D eigenvalue weighted by Crippen LogP contribution is 2.52. The molecule has 0 rings (SSSR count). The number of phosphoric ester groups is 1. The lowest BCUT2D eigenvalue weighted by atomic mass is 9.95. The Balaban J connectivity index is 5.47. The van der Waals surface area contributed by atoms with Gasteiger partial charge in [-0.05, 0) is 0 Å². The van der Waals surface area contributed by atoms with E-state index in [1.165, 1.54) is 0 Å². The molecule has 0 radical (unpaired) electrons. The third-order valence-electron chi connectivity index (χ3n) is 1.78. The van der Waals surface area contributed by atoms with Crippen molar-refractivity contribution < 1.29 is 49.6 Å². The summed E-state index contributed by atoms with van der Waals surface area (Å²) in [6.07, 6.45) is -17.9. The maximum Gasteiger partial charge on any atom is 0.470 e. The van der Waals surface area contributed by atoms with E-state index in [1.807, 2.05) is 0 Å². The van der Waals surface area contributed by atoms with Gasteiger partial charge in [0.25, 0.3) is 0 Å². The van der Waals surface area contributed by atoms with E-state index in [2.05, 4.69) is 4.52 Å². The fourth-order valence-corrected chi connectivity index (χ4v) is 1.88. The Labute approximate surface area is 96.0 Å². The van der Waals surface area contributed by atoms with Crippen molar-refractivity contribution in [2.24, 2.45) is 0 Å². The van der Waals surface area contributed by atoms with Crippen molar-refractivity contribution in [3.63, 3.8) is 0 Å². The van der Waals surface area contributed by atoms with Gasteiger partial charge in [0.1, 0.15) is 0 Å². The Morgan fingerprint density at radius 2 is 1.33 bits per heavy atom. The molecule has 0 unspecified atom stereocenters. The van der Waals surface area contributed by atoms with E-state index < -0.39 is 45.3 Å². The van der Waals surface area contributed by atoms with Gasteiger partial charge in [-0.3, -0.25) is 4.52 Å². The molecular formula is C6H8F7O4P. The van der Waals surface area contributed by atoms with Gasteiger partial charge in [0.15, 0.2) is 5.60 Å². The standard InChI is InChI=1S/C6H8F7O4P/c7-3(8)1-5(2-4(9)10,6(11,12)13)17-18(14,15)16/h3-4H,1-2H2,(H2,14,15,16). The van der Waals surface area contributed by atoms with E-state index in [0.29, 0.717) is 0 Å². The zero-order valence-electron chi connectivity index (χ0n) is 8.37. The second kappa shape index (κ2) is 5.72. The number of phosphoric acid groups is 1. The molecule has 110 valence electrons. The van der Waals surface area contributed by atoms with Crippen LogP contribution in [-0.2, 0) is 9.09 Å². The van der Waals surface area contributed by atoms with Crippen LogP contribution in [0.15, 0.2) is 0 Å². The van der Waals surface area contributed by atoms with Gasteiger partial charge in [0.05, 0.1) is 0 Å². The summed E-state index contributed by atoms with van der Waals surface area (Å²) >= 11 is 0. The molecule has 0 amide bonds. The number of hydrogen-bond donors (Lipinski definition) is 2. The Morgan fingerprint density at radius 3 is 1.50 bits per heavy atom. The molecule has 0 saturated heterocycles. The van der Waals surface area contributed by atoms with E-state index in [-0.39, 0.29) is 0 Å². The summed E-state index contributed by atoms with van der Waals surface area (Å²) in [6.45, 7) is 0. The first kappa shape index (κ1) is 17.6. The van der Waals surface area contributed by atoms with Crippen LogP contribution in [0.2, 0.25) is 0 Å². The van der Waals surface area contributed by atoms with Crippen LogP contribution >= 0.6 is 7.82 Å².